The highest BCUT2D eigenvalue weighted by atomic mass is 16.1. The molecule has 0 saturated heterocycles. The number of carbonyl (C=O) groups excluding carboxylic acids is 1. The SMILES string of the molecule is O=C1C(c2ccc[nH]2)=Nc2ccccc21. The van der Waals surface area contributed by atoms with Crippen LogP contribution < -0.4 is 0 Å². The van der Waals surface area contributed by atoms with E-state index in [0.29, 0.717) is 11.3 Å². The molecule has 1 N–H and O–H groups in total. The third kappa shape index (κ3) is 1.13. The fourth-order valence-corrected chi connectivity index (χ4v) is 1.72. The van der Waals surface area contributed by atoms with Crippen molar-refractivity contribution in [1.29, 1.82) is 0 Å². The number of nitrogens with one attached hydrogen (secondary N) is 1. The molecule has 1 aromatic carbocycles. The highest BCUT2D eigenvalue weighted by Gasteiger charge is 2.25. The number of aromatic nitrogens is 1. The number of aromatic amines is 1. The van der Waals surface area contributed by atoms with Crippen molar-refractivity contribution in [3.05, 3.63) is 53.9 Å². The fourth-order valence-electron chi connectivity index (χ4n) is 1.72. The first-order chi connectivity index (χ1) is 7.36. The van der Waals surface area contributed by atoms with Crippen LogP contribution in [0.5, 0.6) is 0 Å². The minimum Gasteiger partial charge on any atom is -0.360 e. The summed E-state index contributed by atoms with van der Waals surface area (Å²) < 4.78 is 0. The Balaban J connectivity index is 2.15. The van der Waals surface area contributed by atoms with Crippen molar-refractivity contribution in [2.24, 2.45) is 4.99 Å². The van der Waals surface area contributed by atoms with Gasteiger partial charge in [0.1, 0.15) is 5.71 Å². The molecule has 0 spiro atoms. The van der Waals surface area contributed by atoms with Gasteiger partial charge in [0.15, 0.2) is 0 Å². The second-order valence-corrected chi connectivity index (χ2v) is 3.39. The minimum atomic E-state index is -0.00644. The van der Waals surface area contributed by atoms with Crippen molar-refractivity contribution in [3.8, 4) is 0 Å². The molecule has 0 atom stereocenters. The number of aliphatic imine (C=N–C) groups is 1. The molecule has 0 aliphatic carbocycles. The van der Waals surface area contributed by atoms with Crippen molar-refractivity contribution in [1.82, 2.24) is 4.98 Å². The molecule has 0 bridgehead atoms. The molecule has 1 aromatic heterocycles. The second kappa shape index (κ2) is 2.92. The summed E-state index contributed by atoms with van der Waals surface area (Å²) in [5, 5.41) is 0. The summed E-state index contributed by atoms with van der Waals surface area (Å²) in [6.45, 7) is 0. The zero-order valence-electron chi connectivity index (χ0n) is 7.90. The third-order valence-corrected chi connectivity index (χ3v) is 2.45. The highest BCUT2D eigenvalue weighted by Crippen LogP contribution is 2.27. The number of nitrogens with zero attached hydrogens (tertiary/aromatic N) is 1. The van der Waals surface area contributed by atoms with Crippen molar-refractivity contribution in [3.63, 3.8) is 0 Å². The van der Waals surface area contributed by atoms with Gasteiger partial charge in [-0.1, -0.05) is 12.1 Å². The summed E-state index contributed by atoms with van der Waals surface area (Å²) in [5.74, 6) is -0.00644. The maximum atomic E-state index is 11.9. The molecule has 0 fully saturated rings. The Kier molecular flexibility index (Phi) is 1.59. The van der Waals surface area contributed by atoms with Gasteiger partial charge in [-0.3, -0.25) is 4.79 Å². The van der Waals surface area contributed by atoms with Crippen LogP contribution in [0.2, 0.25) is 0 Å². The van der Waals surface area contributed by atoms with Gasteiger partial charge in [0.05, 0.1) is 11.4 Å². The standard InChI is InChI=1S/C12H8N2O/c15-12-8-4-1-2-5-9(8)14-11(12)10-6-3-7-13-10/h1-7,13H. The van der Waals surface area contributed by atoms with E-state index >= 15 is 0 Å². The van der Waals surface area contributed by atoms with Crippen molar-refractivity contribution >= 4 is 17.2 Å². The maximum Gasteiger partial charge on any atom is 0.215 e. The smallest absolute Gasteiger partial charge is 0.215 e. The predicted octanol–water partition coefficient (Wildman–Crippen LogP) is 2.33. The topological polar surface area (TPSA) is 45.2 Å². The highest BCUT2D eigenvalue weighted by molar-refractivity contribution is 6.54. The molecule has 2 heterocycles. The van der Waals surface area contributed by atoms with Gasteiger partial charge in [0.2, 0.25) is 5.78 Å². The third-order valence-electron chi connectivity index (χ3n) is 2.45. The first-order valence-electron chi connectivity index (χ1n) is 4.72. The molecular weight excluding hydrogens is 188 g/mol. The average molecular weight is 196 g/mol. The summed E-state index contributed by atoms with van der Waals surface area (Å²) >= 11 is 0. The van der Waals surface area contributed by atoms with Gasteiger partial charge in [-0.2, -0.15) is 0 Å². The average Bonchev–Trinajstić information content (AvgIpc) is 2.87. The van der Waals surface area contributed by atoms with E-state index in [9.17, 15) is 4.79 Å². The summed E-state index contributed by atoms with van der Waals surface area (Å²) in [4.78, 5) is 19.2. The minimum absolute atomic E-state index is 0.00644. The van der Waals surface area contributed by atoms with Crippen LogP contribution in [0.25, 0.3) is 0 Å². The number of carbonyl (C=O) groups is 1. The van der Waals surface area contributed by atoms with Gasteiger partial charge in [-0.15, -0.1) is 0 Å². The zero-order valence-corrected chi connectivity index (χ0v) is 7.90. The van der Waals surface area contributed by atoms with Gasteiger partial charge in [-0.05, 0) is 24.3 Å². The van der Waals surface area contributed by atoms with Crippen molar-refractivity contribution in [2.75, 3.05) is 0 Å². The maximum absolute atomic E-state index is 11.9. The van der Waals surface area contributed by atoms with Crippen LogP contribution in [-0.4, -0.2) is 16.5 Å². The summed E-state index contributed by atoms with van der Waals surface area (Å²) in [6, 6.07) is 11.1. The Morgan fingerprint density at radius 2 is 1.93 bits per heavy atom. The molecule has 1 aliphatic heterocycles. The van der Waals surface area contributed by atoms with E-state index < -0.39 is 0 Å². The lowest BCUT2D eigenvalue weighted by atomic mass is 10.1. The number of hydrogen-bond donors (Lipinski definition) is 1. The van der Waals surface area contributed by atoms with Gasteiger partial charge < -0.3 is 4.98 Å². The number of hydrogen-bond acceptors (Lipinski definition) is 2. The van der Waals surface area contributed by atoms with Crippen LogP contribution in [0, 0.1) is 0 Å². The van der Waals surface area contributed by atoms with E-state index in [1.165, 1.54) is 0 Å². The summed E-state index contributed by atoms with van der Waals surface area (Å²) in [6.07, 6.45) is 1.79. The van der Waals surface area contributed by atoms with E-state index in [2.05, 4.69) is 9.98 Å². The second-order valence-electron chi connectivity index (χ2n) is 3.39. The fraction of sp³-hybridized carbons (Fsp3) is 0. The van der Waals surface area contributed by atoms with E-state index in [4.69, 9.17) is 0 Å². The van der Waals surface area contributed by atoms with Gasteiger partial charge in [-0.25, -0.2) is 4.99 Å². The van der Waals surface area contributed by atoms with Crippen molar-refractivity contribution in [2.45, 2.75) is 0 Å². The number of Topliss-reactive ketones (excluding diaryl/α,β-unsaturated/α-hetero) is 1. The predicted molar refractivity (Wildman–Crippen MR) is 57.8 cm³/mol. The number of benzene rings is 1. The molecule has 0 radical (unpaired) electrons. The molecule has 3 heteroatoms. The van der Waals surface area contributed by atoms with Crippen LogP contribution in [0.4, 0.5) is 5.69 Å². The van der Waals surface area contributed by atoms with Crippen LogP contribution >= 0.6 is 0 Å². The van der Waals surface area contributed by atoms with E-state index in [0.717, 1.165) is 11.4 Å². The quantitative estimate of drug-likeness (QED) is 0.747. The lowest BCUT2D eigenvalue weighted by Crippen LogP contribution is -2.11. The largest absolute Gasteiger partial charge is 0.360 e. The van der Waals surface area contributed by atoms with Gasteiger partial charge in [0, 0.05) is 11.8 Å². The van der Waals surface area contributed by atoms with E-state index in [-0.39, 0.29) is 5.78 Å². The van der Waals surface area contributed by atoms with Gasteiger partial charge in [0.25, 0.3) is 0 Å². The van der Waals surface area contributed by atoms with E-state index in [1.54, 1.807) is 12.3 Å². The number of para-hydroxylation sites is 1. The Morgan fingerprint density at radius 3 is 2.67 bits per heavy atom. The Bertz CT molecular complexity index is 553. The number of ketones is 1. The van der Waals surface area contributed by atoms with Gasteiger partial charge >= 0.3 is 0 Å². The van der Waals surface area contributed by atoms with Crippen LogP contribution in [0.1, 0.15) is 16.1 Å². The molecule has 0 saturated carbocycles. The summed E-state index contributed by atoms with van der Waals surface area (Å²) in [5.41, 5.74) is 2.71. The Morgan fingerprint density at radius 1 is 1.07 bits per heavy atom. The summed E-state index contributed by atoms with van der Waals surface area (Å²) in [7, 11) is 0. The molecule has 3 nitrogen and oxygen atoms in total. The molecule has 3 rings (SSSR count). The lowest BCUT2D eigenvalue weighted by molar-refractivity contribution is 0.107. The molecular formula is C12H8N2O. The van der Waals surface area contributed by atoms with Crippen LogP contribution in [0.15, 0.2) is 47.6 Å². The number of fused-ring (bicyclic) bond motifs is 1. The zero-order chi connectivity index (χ0) is 10.3. The van der Waals surface area contributed by atoms with Crippen molar-refractivity contribution < 1.29 is 4.79 Å². The number of H-pyrrole nitrogens is 1. The number of rotatable bonds is 1. The molecule has 2 aromatic rings. The molecule has 0 unspecified atom stereocenters. The molecule has 0 amide bonds. The Labute approximate surface area is 86.5 Å². The first kappa shape index (κ1) is 8.17. The van der Waals surface area contributed by atoms with Crippen LogP contribution in [-0.2, 0) is 0 Å². The molecule has 72 valence electrons. The molecule has 15 heavy (non-hydrogen) atoms. The molecule has 1 aliphatic rings. The van der Waals surface area contributed by atoms with Crippen LogP contribution in [0.3, 0.4) is 0 Å². The normalized spacial score (nSPS) is 13.9. The lowest BCUT2D eigenvalue weighted by Gasteiger charge is -1.94. The van der Waals surface area contributed by atoms with E-state index in [1.807, 2.05) is 30.3 Å². The first-order valence-corrected chi connectivity index (χ1v) is 4.72. The Hall–Kier alpha value is -2.16. The monoisotopic (exact) mass is 196 g/mol.